The molecule has 2 saturated carbocycles. The molecule has 1 aliphatic heterocycles. The number of rotatable bonds is 4. The number of ether oxygens (including phenoxy) is 2. The van der Waals surface area contributed by atoms with Crippen molar-refractivity contribution in [2.75, 3.05) is 7.11 Å². The van der Waals surface area contributed by atoms with Gasteiger partial charge in [0.15, 0.2) is 0 Å². The lowest BCUT2D eigenvalue weighted by atomic mass is 9.82. The molecule has 8 atom stereocenters. The van der Waals surface area contributed by atoms with Crippen LogP contribution in [0.1, 0.15) is 52.4 Å². The zero-order valence-corrected chi connectivity index (χ0v) is 14.0. The molecule has 1 N–H and O–H groups in total. The Bertz CT molecular complexity index is 410. The number of esters is 1. The Hall–Kier alpha value is -0.610. The minimum Gasteiger partial charge on any atom is -0.462 e. The highest BCUT2D eigenvalue weighted by Gasteiger charge is 2.51. The molecule has 4 heteroatoms. The second-order valence-electron chi connectivity index (χ2n) is 7.89. The van der Waals surface area contributed by atoms with Crippen molar-refractivity contribution in [2.24, 2.45) is 29.6 Å². The third kappa shape index (κ3) is 3.05. The molecular weight excluding hydrogens is 280 g/mol. The van der Waals surface area contributed by atoms with Crippen molar-refractivity contribution in [1.82, 2.24) is 0 Å². The van der Waals surface area contributed by atoms with Crippen molar-refractivity contribution >= 4 is 5.97 Å². The molecule has 0 aromatic carbocycles. The van der Waals surface area contributed by atoms with Gasteiger partial charge in [0, 0.05) is 13.5 Å². The van der Waals surface area contributed by atoms with Crippen LogP contribution >= 0.6 is 0 Å². The van der Waals surface area contributed by atoms with Crippen LogP contribution in [0.15, 0.2) is 0 Å². The molecule has 1 heterocycles. The van der Waals surface area contributed by atoms with Gasteiger partial charge in [-0.05, 0) is 55.3 Å². The Labute approximate surface area is 133 Å². The van der Waals surface area contributed by atoms with Gasteiger partial charge in [0.2, 0.25) is 0 Å². The predicted octanol–water partition coefficient (Wildman–Crippen LogP) is 2.78. The van der Waals surface area contributed by atoms with Gasteiger partial charge in [0.25, 0.3) is 0 Å². The van der Waals surface area contributed by atoms with E-state index in [9.17, 15) is 9.90 Å². The van der Waals surface area contributed by atoms with E-state index in [1.165, 1.54) is 12.8 Å². The smallest absolute Gasteiger partial charge is 0.308 e. The summed E-state index contributed by atoms with van der Waals surface area (Å²) in [6, 6.07) is 0. The van der Waals surface area contributed by atoms with E-state index in [4.69, 9.17) is 9.47 Å². The molecule has 2 aliphatic carbocycles. The summed E-state index contributed by atoms with van der Waals surface area (Å²) >= 11 is 0. The van der Waals surface area contributed by atoms with Gasteiger partial charge in [0.05, 0.1) is 18.6 Å². The predicted molar refractivity (Wildman–Crippen MR) is 83.2 cm³/mol. The Kier molecular flexibility index (Phi) is 4.79. The topological polar surface area (TPSA) is 55.8 Å². The van der Waals surface area contributed by atoms with Crippen molar-refractivity contribution in [3.8, 4) is 0 Å². The van der Waals surface area contributed by atoms with Crippen LogP contribution in [0.5, 0.6) is 0 Å². The van der Waals surface area contributed by atoms with Gasteiger partial charge in [0.1, 0.15) is 6.10 Å². The molecule has 0 aromatic rings. The van der Waals surface area contributed by atoms with E-state index in [1.807, 2.05) is 7.11 Å². The van der Waals surface area contributed by atoms with E-state index in [0.29, 0.717) is 24.4 Å². The van der Waals surface area contributed by atoms with E-state index >= 15 is 0 Å². The minimum atomic E-state index is -0.516. The van der Waals surface area contributed by atoms with Crippen LogP contribution in [-0.4, -0.2) is 36.5 Å². The first-order valence-electron chi connectivity index (χ1n) is 8.90. The lowest BCUT2D eigenvalue weighted by molar-refractivity contribution is -0.160. The van der Waals surface area contributed by atoms with E-state index in [2.05, 4.69) is 13.8 Å². The first-order chi connectivity index (χ1) is 10.5. The molecule has 4 nitrogen and oxygen atoms in total. The molecular formula is C18H30O4. The Morgan fingerprint density at radius 1 is 1.18 bits per heavy atom. The SMILES string of the molecule is CO[C@H]1C[C@@H](C)C2C[C@H](C)[C@H](CC[C@@H]3C[C@@H](O)CC(=O)O3)[C@H]21. The van der Waals surface area contributed by atoms with Crippen LogP contribution in [0.25, 0.3) is 0 Å². The Morgan fingerprint density at radius 2 is 1.95 bits per heavy atom. The van der Waals surface area contributed by atoms with Crippen molar-refractivity contribution in [3.05, 3.63) is 0 Å². The number of hydrogen-bond acceptors (Lipinski definition) is 4. The Morgan fingerprint density at radius 3 is 2.64 bits per heavy atom. The number of fused-ring (bicyclic) bond motifs is 1. The highest BCUT2D eigenvalue weighted by Crippen LogP contribution is 2.55. The average molecular weight is 310 g/mol. The van der Waals surface area contributed by atoms with Crippen LogP contribution in [0.2, 0.25) is 0 Å². The zero-order chi connectivity index (χ0) is 15.9. The molecule has 0 spiro atoms. The number of methoxy groups -OCH3 is 1. The summed E-state index contributed by atoms with van der Waals surface area (Å²) in [6.07, 6.45) is 5.01. The lowest BCUT2D eigenvalue weighted by Crippen LogP contribution is -2.33. The van der Waals surface area contributed by atoms with Gasteiger partial charge in [-0.25, -0.2) is 0 Å². The molecule has 0 bridgehead atoms. The maximum absolute atomic E-state index is 11.5. The van der Waals surface area contributed by atoms with Crippen LogP contribution in [0, 0.1) is 29.6 Å². The van der Waals surface area contributed by atoms with E-state index in [0.717, 1.165) is 30.6 Å². The van der Waals surface area contributed by atoms with Crippen LogP contribution in [0.3, 0.4) is 0 Å². The number of hydrogen-bond donors (Lipinski definition) is 1. The number of carbonyl (C=O) groups is 1. The zero-order valence-electron chi connectivity index (χ0n) is 14.0. The fourth-order valence-corrected chi connectivity index (χ4v) is 5.47. The second-order valence-corrected chi connectivity index (χ2v) is 7.89. The average Bonchev–Trinajstić information content (AvgIpc) is 2.93. The number of aliphatic hydroxyl groups excluding tert-OH is 1. The van der Waals surface area contributed by atoms with E-state index < -0.39 is 6.10 Å². The van der Waals surface area contributed by atoms with Crippen molar-refractivity contribution in [2.45, 2.75) is 70.7 Å². The van der Waals surface area contributed by atoms with Crippen molar-refractivity contribution in [3.63, 3.8) is 0 Å². The largest absolute Gasteiger partial charge is 0.462 e. The maximum atomic E-state index is 11.5. The first kappa shape index (κ1) is 16.3. The first-order valence-corrected chi connectivity index (χ1v) is 8.90. The van der Waals surface area contributed by atoms with Gasteiger partial charge < -0.3 is 14.6 Å². The van der Waals surface area contributed by atoms with E-state index in [-0.39, 0.29) is 18.5 Å². The summed E-state index contributed by atoms with van der Waals surface area (Å²) in [7, 11) is 1.85. The summed E-state index contributed by atoms with van der Waals surface area (Å²) in [5.74, 6) is 3.36. The monoisotopic (exact) mass is 310 g/mol. The second kappa shape index (κ2) is 6.48. The van der Waals surface area contributed by atoms with Gasteiger partial charge in [-0.2, -0.15) is 0 Å². The molecule has 3 rings (SSSR count). The molecule has 3 aliphatic rings. The molecule has 3 fully saturated rings. The standard InChI is InChI=1S/C18H30O4/c1-10-6-15-11(2)7-16(21-3)18(15)14(10)5-4-13-8-12(19)9-17(20)22-13/h10-16,18-19H,4-9H2,1-3H3/t10-,11+,12+,13+,14-,15?,16-,18+/m0/s1. The molecule has 0 aromatic heterocycles. The van der Waals surface area contributed by atoms with Crippen molar-refractivity contribution in [1.29, 1.82) is 0 Å². The molecule has 0 radical (unpaired) electrons. The maximum Gasteiger partial charge on any atom is 0.308 e. The van der Waals surface area contributed by atoms with Gasteiger partial charge in [-0.1, -0.05) is 13.8 Å². The van der Waals surface area contributed by atoms with Crippen LogP contribution < -0.4 is 0 Å². The van der Waals surface area contributed by atoms with Gasteiger partial charge in [-0.15, -0.1) is 0 Å². The van der Waals surface area contributed by atoms with E-state index in [1.54, 1.807) is 0 Å². The summed E-state index contributed by atoms with van der Waals surface area (Å²) in [4.78, 5) is 11.5. The third-order valence-electron chi connectivity index (χ3n) is 6.49. The lowest BCUT2D eigenvalue weighted by Gasteiger charge is -2.30. The Balaban J connectivity index is 1.60. The number of cyclic esters (lactones) is 1. The summed E-state index contributed by atoms with van der Waals surface area (Å²) in [6.45, 7) is 4.73. The third-order valence-corrected chi connectivity index (χ3v) is 6.49. The minimum absolute atomic E-state index is 0.0951. The fourth-order valence-electron chi connectivity index (χ4n) is 5.47. The summed E-state index contributed by atoms with van der Waals surface area (Å²) in [5, 5.41) is 9.74. The highest BCUT2D eigenvalue weighted by atomic mass is 16.5. The summed E-state index contributed by atoms with van der Waals surface area (Å²) in [5.41, 5.74) is 0. The number of carbonyl (C=O) groups excluding carboxylic acids is 1. The summed E-state index contributed by atoms with van der Waals surface area (Å²) < 4.78 is 11.2. The molecule has 1 saturated heterocycles. The normalized spacial score (nSPS) is 48.3. The quantitative estimate of drug-likeness (QED) is 0.811. The molecule has 1 unspecified atom stereocenters. The highest BCUT2D eigenvalue weighted by molar-refractivity contribution is 5.70. The number of aliphatic hydroxyl groups is 1. The van der Waals surface area contributed by atoms with Gasteiger partial charge >= 0.3 is 5.97 Å². The van der Waals surface area contributed by atoms with Gasteiger partial charge in [-0.3, -0.25) is 4.79 Å². The van der Waals surface area contributed by atoms with Crippen LogP contribution in [0.4, 0.5) is 0 Å². The molecule has 0 amide bonds. The van der Waals surface area contributed by atoms with Crippen LogP contribution in [-0.2, 0) is 14.3 Å². The van der Waals surface area contributed by atoms with Crippen molar-refractivity contribution < 1.29 is 19.4 Å². The fraction of sp³-hybridized carbons (Fsp3) is 0.944. The molecule has 126 valence electrons. The molecule has 22 heavy (non-hydrogen) atoms.